The Morgan fingerprint density at radius 2 is 1.57 bits per heavy atom. The van der Waals surface area contributed by atoms with Crippen LogP contribution in [-0.4, -0.2) is 31.7 Å². The fourth-order valence-corrected chi connectivity index (χ4v) is 5.00. The van der Waals surface area contributed by atoms with Gasteiger partial charge in [0.15, 0.2) is 5.78 Å². The van der Waals surface area contributed by atoms with Crippen LogP contribution in [0.2, 0.25) is 10.0 Å². The van der Waals surface area contributed by atoms with Crippen LogP contribution in [0.4, 0.5) is 0 Å². The molecule has 0 aliphatic carbocycles. The van der Waals surface area contributed by atoms with Crippen LogP contribution in [0.25, 0.3) is 0 Å². The number of ketones is 1. The molecule has 2 aromatic rings. The fraction of sp³-hybridized carbons (Fsp3) is 0.235. The third-order valence-corrected chi connectivity index (χ3v) is 6.71. The zero-order valence-corrected chi connectivity index (χ0v) is 17.7. The summed E-state index contributed by atoms with van der Waals surface area (Å²) in [5.41, 5.74) is -0.169. The van der Waals surface area contributed by atoms with Crippen LogP contribution in [0.1, 0.15) is 41.3 Å². The van der Waals surface area contributed by atoms with E-state index in [1.165, 1.54) is 12.1 Å². The average molecular weight is 467 g/mol. The quantitative estimate of drug-likeness (QED) is 0.465. The lowest BCUT2D eigenvalue weighted by molar-refractivity contribution is 0.103. The molecule has 11 heteroatoms. The first-order chi connectivity index (χ1) is 12.9. The second-order valence-electron chi connectivity index (χ2n) is 5.93. The maximum absolute atomic E-state index is 13.0. The highest BCUT2D eigenvalue weighted by Crippen LogP contribution is 2.32. The largest absolute Gasteiger partial charge is 0.296 e. The molecule has 28 heavy (non-hydrogen) atoms. The summed E-state index contributed by atoms with van der Waals surface area (Å²) in [7, 11) is -9.39. The van der Waals surface area contributed by atoms with E-state index in [-0.39, 0.29) is 33.2 Å². The van der Waals surface area contributed by atoms with Crippen molar-refractivity contribution in [1.29, 1.82) is 0 Å². The highest BCUT2D eigenvalue weighted by Gasteiger charge is 2.26. The van der Waals surface area contributed by atoms with Crippen molar-refractivity contribution in [2.45, 2.75) is 36.0 Å². The van der Waals surface area contributed by atoms with Gasteiger partial charge < -0.3 is 0 Å². The van der Waals surface area contributed by atoms with Gasteiger partial charge in [0.1, 0.15) is 9.79 Å². The van der Waals surface area contributed by atoms with Crippen LogP contribution in [0.5, 0.6) is 0 Å². The van der Waals surface area contributed by atoms with Crippen molar-refractivity contribution < 1.29 is 30.7 Å². The Balaban J connectivity index is 2.73. The van der Waals surface area contributed by atoms with Gasteiger partial charge in [0.05, 0.1) is 10.0 Å². The van der Waals surface area contributed by atoms with E-state index in [0.717, 1.165) is 18.2 Å². The smallest absolute Gasteiger partial charge is 0.289 e. The minimum atomic E-state index is -4.71. The molecule has 0 atom stereocenters. The predicted octanol–water partition coefficient (Wildman–Crippen LogP) is 4.06. The maximum Gasteiger partial charge on any atom is 0.296 e. The van der Waals surface area contributed by atoms with Gasteiger partial charge in [-0.15, -0.1) is 0 Å². The van der Waals surface area contributed by atoms with Gasteiger partial charge in [0.25, 0.3) is 20.2 Å². The molecule has 0 spiro atoms. The Bertz CT molecular complexity index is 1140. The summed E-state index contributed by atoms with van der Waals surface area (Å²) >= 11 is 11.7. The molecule has 0 fully saturated rings. The number of hydrogen-bond donors (Lipinski definition) is 2. The molecule has 0 amide bonds. The van der Waals surface area contributed by atoms with Crippen molar-refractivity contribution in [2.75, 3.05) is 0 Å². The molecule has 2 aromatic carbocycles. The Labute approximate surface area is 172 Å². The first kappa shape index (κ1) is 22.8. The third-order valence-electron chi connectivity index (χ3n) is 3.97. The highest BCUT2D eigenvalue weighted by atomic mass is 35.5. The standard InChI is InChI=1S/C17H16Cl2O7S2/c1-2-3-4-12-11(6-8-14(19)17(12)28(24,25)26)16(20)10-5-7-13(18)15(9-10)27(21,22)23/h5-9H,2-4H2,1H3,(H,21,22,23)(H,24,25,26). The average Bonchev–Trinajstić information content (AvgIpc) is 2.57. The Hall–Kier alpha value is -1.49. The van der Waals surface area contributed by atoms with E-state index in [0.29, 0.717) is 12.8 Å². The summed E-state index contributed by atoms with van der Waals surface area (Å²) < 4.78 is 65.3. The topological polar surface area (TPSA) is 126 Å². The molecule has 0 saturated carbocycles. The molecule has 0 aliphatic heterocycles. The van der Waals surface area contributed by atoms with Crippen LogP contribution in [0.3, 0.4) is 0 Å². The molecule has 0 heterocycles. The van der Waals surface area contributed by atoms with E-state index in [2.05, 4.69) is 0 Å². The molecule has 152 valence electrons. The predicted molar refractivity (Wildman–Crippen MR) is 105 cm³/mol. The normalized spacial score (nSPS) is 12.2. The number of unbranched alkanes of at least 4 members (excludes halogenated alkanes) is 1. The summed E-state index contributed by atoms with van der Waals surface area (Å²) in [6, 6.07) is 5.72. The summed E-state index contributed by atoms with van der Waals surface area (Å²) in [5, 5.41) is -0.514. The van der Waals surface area contributed by atoms with Crippen molar-refractivity contribution in [3.8, 4) is 0 Å². The molecular weight excluding hydrogens is 451 g/mol. The van der Waals surface area contributed by atoms with Crippen LogP contribution >= 0.6 is 23.2 Å². The molecule has 0 aromatic heterocycles. The second-order valence-corrected chi connectivity index (χ2v) is 9.49. The zero-order valence-electron chi connectivity index (χ0n) is 14.5. The molecule has 0 saturated heterocycles. The minimum absolute atomic E-state index is 0.0326. The first-order valence-corrected chi connectivity index (χ1v) is 11.6. The number of benzene rings is 2. The molecular formula is C17H16Cl2O7S2. The van der Waals surface area contributed by atoms with Gasteiger partial charge >= 0.3 is 0 Å². The van der Waals surface area contributed by atoms with Crippen molar-refractivity contribution in [1.82, 2.24) is 0 Å². The number of rotatable bonds is 7. The van der Waals surface area contributed by atoms with Gasteiger partial charge in [-0.1, -0.05) is 36.5 Å². The number of halogens is 2. The molecule has 2 N–H and O–H groups in total. The van der Waals surface area contributed by atoms with Gasteiger partial charge in [-0.25, -0.2) is 0 Å². The van der Waals surface area contributed by atoms with Crippen molar-refractivity contribution in [3.05, 3.63) is 57.1 Å². The summed E-state index contributed by atoms with van der Waals surface area (Å²) in [4.78, 5) is 11.8. The van der Waals surface area contributed by atoms with E-state index in [4.69, 9.17) is 23.2 Å². The lowest BCUT2D eigenvalue weighted by Crippen LogP contribution is -2.13. The SMILES string of the molecule is CCCCc1c(C(=O)c2ccc(Cl)c(S(=O)(=O)O)c2)ccc(Cl)c1S(=O)(=O)O. The van der Waals surface area contributed by atoms with Gasteiger partial charge in [0.2, 0.25) is 0 Å². The fourth-order valence-electron chi connectivity index (χ4n) is 2.69. The molecule has 2 rings (SSSR count). The van der Waals surface area contributed by atoms with Crippen molar-refractivity contribution in [3.63, 3.8) is 0 Å². The molecule has 0 aliphatic rings. The van der Waals surface area contributed by atoms with E-state index in [9.17, 15) is 30.7 Å². The molecule has 0 bridgehead atoms. The third kappa shape index (κ3) is 4.91. The first-order valence-electron chi connectivity index (χ1n) is 7.98. The Morgan fingerprint density at radius 1 is 0.964 bits per heavy atom. The lowest BCUT2D eigenvalue weighted by atomic mass is 9.95. The molecule has 0 unspecified atom stereocenters. The minimum Gasteiger partial charge on any atom is -0.289 e. The van der Waals surface area contributed by atoms with Crippen LogP contribution in [0, 0.1) is 0 Å². The molecule has 0 radical (unpaired) electrons. The van der Waals surface area contributed by atoms with Gasteiger partial charge in [0, 0.05) is 11.1 Å². The lowest BCUT2D eigenvalue weighted by Gasteiger charge is -2.14. The van der Waals surface area contributed by atoms with Gasteiger partial charge in [-0.3, -0.25) is 13.9 Å². The van der Waals surface area contributed by atoms with Crippen LogP contribution in [-0.2, 0) is 26.7 Å². The molecule has 7 nitrogen and oxygen atoms in total. The Morgan fingerprint density at radius 3 is 2.11 bits per heavy atom. The van der Waals surface area contributed by atoms with E-state index >= 15 is 0 Å². The summed E-state index contributed by atoms with van der Waals surface area (Å²) in [6.07, 6.45) is 1.34. The summed E-state index contributed by atoms with van der Waals surface area (Å²) in [6.45, 7) is 1.86. The van der Waals surface area contributed by atoms with E-state index in [1.807, 2.05) is 6.92 Å². The van der Waals surface area contributed by atoms with Crippen molar-refractivity contribution >= 4 is 49.2 Å². The Kier molecular flexibility index (Phi) is 6.90. The van der Waals surface area contributed by atoms with E-state index < -0.39 is 35.8 Å². The van der Waals surface area contributed by atoms with Crippen molar-refractivity contribution in [2.24, 2.45) is 0 Å². The number of hydrogen-bond acceptors (Lipinski definition) is 5. The monoisotopic (exact) mass is 466 g/mol. The second kappa shape index (κ2) is 8.48. The zero-order chi connectivity index (χ0) is 21.3. The van der Waals surface area contributed by atoms with Crippen LogP contribution < -0.4 is 0 Å². The van der Waals surface area contributed by atoms with Crippen LogP contribution in [0.15, 0.2) is 40.1 Å². The summed E-state index contributed by atoms with van der Waals surface area (Å²) in [5.74, 6) is -0.714. The number of carbonyl (C=O) groups is 1. The highest BCUT2D eigenvalue weighted by molar-refractivity contribution is 7.86. The number of carbonyl (C=O) groups excluding carboxylic acids is 1. The van der Waals surface area contributed by atoms with Gasteiger partial charge in [-0.2, -0.15) is 16.8 Å². The maximum atomic E-state index is 13.0. The van der Waals surface area contributed by atoms with Gasteiger partial charge in [-0.05, 0) is 48.7 Å². The van der Waals surface area contributed by atoms with E-state index in [1.54, 1.807) is 0 Å².